The lowest BCUT2D eigenvalue weighted by Gasteiger charge is -2.18. The molecule has 0 aliphatic carbocycles. The Bertz CT molecular complexity index is 506. The van der Waals surface area contributed by atoms with Gasteiger partial charge in [0, 0.05) is 6.42 Å². The molecule has 0 fully saturated rings. The molecule has 22 heavy (non-hydrogen) atoms. The monoisotopic (exact) mass is 320 g/mol. The van der Waals surface area contributed by atoms with Gasteiger partial charge in [-0.1, -0.05) is 0 Å². The van der Waals surface area contributed by atoms with Crippen molar-refractivity contribution in [3.8, 4) is 0 Å². The fraction of sp³-hybridized carbons (Fsp3) is 0.455. The predicted octanol–water partition coefficient (Wildman–Crippen LogP) is -1.41. The number of Topliss-reactive ketones (excluding diaryl/α,β-unsaturated/α-hetero) is 1. The van der Waals surface area contributed by atoms with Gasteiger partial charge in [-0.25, -0.2) is 9.59 Å². The van der Waals surface area contributed by atoms with Crippen LogP contribution in [-0.2, 0) is 33.5 Å². The van der Waals surface area contributed by atoms with E-state index >= 15 is 0 Å². The number of rotatable bonds is 10. The molecule has 0 spiro atoms. The molecule has 0 heterocycles. The Labute approximate surface area is 122 Å². The van der Waals surface area contributed by atoms with Crippen LogP contribution in [0.5, 0.6) is 0 Å². The quantitative estimate of drug-likeness (QED) is 0.273. The van der Waals surface area contributed by atoms with Crippen LogP contribution in [0, 0.1) is 5.92 Å². The highest BCUT2D eigenvalue weighted by atomic mass is 16.6. The Morgan fingerprint density at radius 2 is 1.32 bits per heavy atom. The number of carbonyl (C=O) groups excluding carboxylic acids is 2. The molecule has 11 heteroatoms. The lowest BCUT2D eigenvalue weighted by molar-refractivity contribution is -0.176. The predicted molar refractivity (Wildman–Crippen MR) is 62.8 cm³/mol. The molecule has 0 saturated heterocycles. The summed E-state index contributed by atoms with van der Waals surface area (Å²) < 4.78 is 4.21. The van der Waals surface area contributed by atoms with Gasteiger partial charge in [0.2, 0.25) is 11.9 Å². The van der Waals surface area contributed by atoms with Crippen LogP contribution in [0.4, 0.5) is 0 Å². The zero-order chi connectivity index (χ0) is 17.4. The molecule has 0 amide bonds. The number of aliphatic carboxylic acids is 4. The zero-order valence-electron chi connectivity index (χ0n) is 10.9. The molecule has 0 bridgehead atoms. The van der Waals surface area contributed by atoms with E-state index in [9.17, 15) is 28.8 Å². The number of carboxylic acids is 4. The number of carbonyl (C=O) groups is 6. The van der Waals surface area contributed by atoms with Gasteiger partial charge in [0.15, 0.2) is 0 Å². The molecule has 2 unspecified atom stereocenters. The van der Waals surface area contributed by atoms with E-state index < -0.39 is 66.9 Å². The van der Waals surface area contributed by atoms with Gasteiger partial charge in [-0.15, -0.1) is 0 Å². The van der Waals surface area contributed by atoms with Crippen LogP contribution < -0.4 is 0 Å². The van der Waals surface area contributed by atoms with Gasteiger partial charge in [-0.05, 0) is 0 Å². The summed E-state index contributed by atoms with van der Waals surface area (Å²) in [4.78, 5) is 65.1. The lowest BCUT2D eigenvalue weighted by Crippen LogP contribution is -2.41. The van der Waals surface area contributed by atoms with Crippen molar-refractivity contribution in [3.05, 3.63) is 0 Å². The van der Waals surface area contributed by atoms with Crippen molar-refractivity contribution in [3.63, 3.8) is 0 Å². The minimum atomic E-state index is -2.39. The molecule has 4 N–H and O–H groups in total. The highest BCUT2D eigenvalue weighted by Gasteiger charge is 2.39. The van der Waals surface area contributed by atoms with Crippen molar-refractivity contribution in [2.24, 2.45) is 5.92 Å². The van der Waals surface area contributed by atoms with E-state index in [4.69, 9.17) is 20.4 Å². The van der Waals surface area contributed by atoms with Gasteiger partial charge in [0.1, 0.15) is 5.92 Å². The third kappa shape index (κ3) is 6.45. The molecule has 0 aromatic rings. The van der Waals surface area contributed by atoms with Gasteiger partial charge in [0.25, 0.3) is 0 Å². The molecule has 0 aromatic heterocycles. The molecule has 0 saturated carbocycles. The SMILES string of the molecule is O=C(O)CCC(=O)C(=O)OC(C(=O)O)C(CC(=O)O)C(=O)O. The molecule has 0 radical (unpaired) electrons. The first-order chi connectivity index (χ1) is 10.1. The molecule has 0 aromatic carbocycles. The fourth-order valence-corrected chi connectivity index (χ4v) is 1.32. The Kier molecular flexibility index (Phi) is 7.21. The van der Waals surface area contributed by atoms with Crippen LogP contribution in [0.15, 0.2) is 0 Å². The van der Waals surface area contributed by atoms with E-state index in [1.807, 2.05) is 0 Å². The van der Waals surface area contributed by atoms with E-state index in [0.29, 0.717) is 0 Å². The Hall–Kier alpha value is -2.98. The summed E-state index contributed by atoms with van der Waals surface area (Å²) >= 11 is 0. The maximum atomic E-state index is 11.3. The zero-order valence-corrected chi connectivity index (χ0v) is 10.9. The highest BCUT2D eigenvalue weighted by molar-refractivity contribution is 6.34. The summed E-state index contributed by atoms with van der Waals surface area (Å²) in [5, 5.41) is 34.5. The van der Waals surface area contributed by atoms with Crippen LogP contribution in [-0.4, -0.2) is 62.2 Å². The molecule has 2 atom stereocenters. The van der Waals surface area contributed by atoms with Crippen LogP contribution in [0.2, 0.25) is 0 Å². The van der Waals surface area contributed by atoms with Crippen molar-refractivity contribution in [2.45, 2.75) is 25.4 Å². The van der Waals surface area contributed by atoms with Crippen LogP contribution in [0.3, 0.4) is 0 Å². The molecule has 0 aliphatic rings. The van der Waals surface area contributed by atoms with Crippen molar-refractivity contribution in [1.29, 1.82) is 0 Å². The maximum absolute atomic E-state index is 11.3. The second kappa shape index (κ2) is 8.34. The number of hydrogen-bond donors (Lipinski definition) is 4. The summed E-state index contributed by atoms with van der Waals surface area (Å²) in [6, 6.07) is 0. The van der Waals surface area contributed by atoms with Crippen molar-refractivity contribution < 1.29 is 53.9 Å². The van der Waals surface area contributed by atoms with Crippen molar-refractivity contribution in [2.75, 3.05) is 0 Å². The summed E-state index contributed by atoms with van der Waals surface area (Å²) in [5.74, 6) is -12.0. The van der Waals surface area contributed by atoms with E-state index in [1.165, 1.54) is 0 Å². The first kappa shape index (κ1) is 19.0. The standard InChI is InChI=1S/C11H12O11/c12-5(1-2-6(13)14)11(21)22-8(10(19)20)4(9(17)18)3-7(15)16/h4,8H,1-3H2,(H,13,14)(H,15,16)(H,17,18)(H,19,20). The molecule has 11 nitrogen and oxygen atoms in total. The Morgan fingerprint density at radius 3 is 1.68 bits per heavy atom. The van der Waals surface area contributed by atoms with Gasteiger partial charge < -0.3 is 25.2 Å². The lowest BCUT2D eigenvalue weighted by atomic mass is 9.98. The second-order valence-corrected chi connectivity index (χ2v) is 4.02. The number of ketones is 1. The number of esters is 1. The normalized spacial score (nSPS) is 12.7. The van der Waals surface area contributed by atoms with E-state index in [1.54, 1.807) is 0 Å². The molecule has 0 aliphatic heterocycles. The van der Waals surface area contributed by atoms with Crippen molar-refractivity contribution in [1.82, 2.24) is 0 Å². The number of ether oxygens (including phenoxy) is 1. The van der Waals surface area contributed by atoms with Gasteiger partial charge in [0.05, 0.1) is 12.8 Å². The van der Waals surface area contributed by atoms with E-state index in [0.717, 1.165) is 0 Å². The minimum Gasteiger partial charge on any atom is -0.481 e. The smallest absolute Gasteiger partial charge is 0.375 e. The second-order valence-electron chi connectivity index (χ2n) is 4.02. The largest absolute Gasteiger partial charge is 0.481 e. The van der Waals surface area contributed by atoms with Crippen LogP contribution >= 0.6 is 0 Å². The van der Waals surface area contributed by atoms with E-state index in [-0.39, 0.29) is 0 Å². The van der Waals surface area contributed by atoms with Crippen LogP contribution in [0.25, 0.3) is 0 Å². The Balaban J connectivity index is 5.02. The molecular formula is C11H12O11. The first-order valence-corrected chi connectivity index (χ1v) is 5.69. The number of hydrogen-bond acceptors (Lipinski definition) is 7. The number of carboxylic acid groups (broad SMARTS) is 4. The maximum Gasteiger partial charge on any atom is 0.375 e. The third-order valence-corrected chi connectivity index (χ3v) is 2.35. The highest BCUT2D eigenvalue weighted by Crippen LogP contribution is 2.15. The average Bonchev–Trinajstić information content (AvgIpc) is 2.38. The topological polar surface area (TPSA) is 193 Å². The summed E-state index contributed by atoms with van der Waals surface area (Å²) in [6.07, 6.45) is -5.02. The molecule has 0 rings (SSSR count). The van der Waals surface area contributed by atoms with Gasteiger partial charge in [-0.3, -0.25) is 19.2 Å². The summed E-state index contributed by atoms with van der Waals surface area (Å²) in [5.41, 5.74) is 0. The van der Waals surface area contributed by atoms with Gasteiger partial charge >= 0.3 is 29.8 Å². The minimum absolute atomic E-state index is 0.705. The van der Waals surface area contributed by atoms with E-state index in [2.05, 4.69) is 4.74 Å². The molecular weight excluding hydrogens is 308 g/mol. The van der Waals surface area contributed by atoms with Gasteiger partial charge in [-0.2, -0.15) is 0 Å². The summed E-state index contributed by atoms with van der Waals surface area (Å²) in [7, 11) is 0. The van der Waals surface area contributed by atoms with Crippen LogP contribution in [0.1, 0.15) is 19.3 Å². The van der Waals surface area contributed by atoms with Crippen molar-refractivity contribution >= 4 is 35.6 Å². The fourth-order valence-electron chi connectivity index (χ4n) is 1.32. The third-order valence-electron chi connectivity index (χ3n) is 2.35. The summed E-state index contributed by atoms with van der Waals surface area (Å²) in [6.45, 7) is 0. The molecule has 122 valence electrons. The first-order valence-electron chi connectivity index (χ1n) is 5.69. The Morgan fingerprint density at radius 1 is 0.773 bits per heavy atom. The average molecular weight is 320 g/mol.